The van der Waals surface area contributed by atoms with Gasteiger partial charge in [0.1, 0.15) is 5.75 Å². The lowest BCUT2D eigenvalue weighted by Crippen LogP contribution is -2.27. The molecular formula is C14H17NO3S. The number of amides is 1. The lowest BCUT2D eigenvalue weighted by Gasteiger charge is -2.04. The summed E-state index contributed by atoms with van der Waals surface area (Å²) in [4.78, 5) is 23.4. The molecule has 0 unspecified atom stereocenters. The number of thioether (sulfide) groups is 1. The van der Waals surface area contributed by atoms with Gasteiger partial charge in [0.25, 0.3) is 0 Å². The van der Waals surface area contributed by atoms with Gasteiger partial charge in [-0.2, -0.15) is 0 Å². The Balaban J connectivity index is 1.75. The van der Waals surface area contributed by atoms with E-state index < -0.39 is 0 Å². The molecule has 102 valence electrons. The summed E-state index contributed by atoms with van der Waals surface area (Å²) in [6.45, 7) is 0. The fourth-order valence-corrected chi connectivity index (χ4v) is 2.34. The van der Waals surface area contributed by atoms with Crippen molar-refractivity contribution in [2.75, 3.05) is 18.6 Å². The fraction of sp³-hybridized carbons (Fsp3) is 0.429. The van der Waals surface area contributed by atoms with Crippen molar-refractivity contribution in [1.29, 1.82) is 0 Å². The molecule has 0 saturated heterocycles. The minimum atomic E-state index is 0.0168. The molecule has 1 amide bonds. The second-order valence-corrected chi connectivity index (χ2v) is 5.48. The molecule has 1 aliphatic rings. The molecule has 1 saturated carbocycles. The number of ether oxygens (including phenoxy) is 1. The molecule has 0 spiro atoms. The predicted molar refractivity (Wildman–Crippen MR) is 75.8 cm³/mol. The highest BCUT2D eigenvalue weighted by atomic mass is 32.2. The van der Waals surface area contributed by atoms with Gasteiger partial charge in [0.15, 0.2) is 5.78 Å². The summed E-state index contributed by atoms with van der Waals surface area (Å²) >= 11 is 1.35. The van der Waals surface area contributed by atoms with Crippen LogP contribution in [-0.4, -0.2) is 36.3 Å². The highest BCUT2D eigenvalue weighted by Gasteiger charge is 2.23. The third-order valence-corrected chi connectivity index (χ3v) is 3.73. The van der Waals surface area contributed by atoms with Gasteiger partial charge in [0, 0.05) is 11.6 Å². The van der Waals surface area contributed by atoms with E-state index in [4.69, 9.17) is 4.74 Å². The Labute approximate surface area is 116 Å². The molecule has 0 heterocycles. The van der Waals surface area contributed by atoms with E-state index in [9.17, 15) is 9.59 Å². The zero-order chi connectivity index (χ0) is 13.7. The van der Waals surface area contributed by atoms with Crippen LogP contribution in [0.4, 0.5) is 0 Å². The first-order valence-electron chi connectivity index (χ1n) is 6.23. The third-order valence-electron chi connectivity index (χ3n) is 2.80. The van der Waals surface area contributed by atoms with Crippen LogP contribution in [0.25, 0.3) is 0 Å². The number of nitrogens with one attached hydrogen (secondary N) is 1. The van der Waals surface area contributed by atoms with Crippen molar-refractivity contribution in [3.05, 3.63) is 29.8 Å². The minimum Gasteiger partial charge on any atom is -0.497 e. The van der Waals surface area contributed by atoms with E-state index in [1.807, 2.05) is 0 Å². The Morgan fingerprint density at radius 3 is 2.84 bits per heavy atom. The summed E-state index contributed by atoms with van der Waals surface area (Å²) in [6.07, 6.45) is 2.16. The van der Waals surface area contributed by atoms with Crippen LogP contribution in [0, 0.1) is 0 Å². The Kier molecular flexibility index (Phi) is 4.85. The van der Waals surface area contributed by atoms with Gasteiger partial charge >= 0.3 is 0 Å². The van der Waals surface area contributed by atoms with Crippen molar-refractivity contribution in [1.82, 2.24) is 5.32 Å². The number of methoxy groups -OCH3 is 1. The van der Waals surface area contributed by atoms with Crippen molar-refractivity contribution < 1.29 is 14.3 Å². The highest BCUT2D eigenvalue weighted by Crippen LogP contribution is 2.19. The van der Waals surface area contributed by atoms with Gasteiger partial charge in [-0.25, -0.2) is 0 Å². The maximum Gasteiger partial charge on any atom is 0.230 e. The molecule has 1 aliphatic carbocycles. The monoisotopic (exact) mass is 279 g/mol. The maximum absolute atomic E-state index is 11.9. The average molecular weight is 279 g/mol. The van der Waals surface area contributed by atoms with Crippen molar-refractivity contribution in [3.8, 4) is 5.75 Å². The van der Waals surface area contributed by atoms with E-state index in [0.29, 0.717) is 28.9 Å². The number of hydrogen-bond acceptors (Lipinski definition) is 4. The summed E-state index contributed by atoms with van der Waals surface area (Å²) in [7, 11) is 1.57. The first kappa shape index (κ1) is 13.9. The molecule has 0 aromatic heterocycles. The molecule has 0 atom stereocenters. The van der Waals surface area contributed by atoms with Gasteiger partial charge in [-0.3, -0.25) is 9.59 Å². The lowest BCUT2D eigenvalue weighted by atomic mass is 10.1. The van der Waals surface area contributed by atoms with Crippen LogP contribution < -0.4 is 10.1 Å². The molecule has 1 fully saturated rings. The van der Waals surface area contributed by atoms with Gasteiger partial charge in [-0.05, 0) is 25.0 Å². The molecule has 0 radical (unpaired) electrons. The smallest absolute Gasteiger partial charge is 0.230 e. The van der Waals surface area contributed by atoms with E-state index in [-0.39, 0.29) is 11.7 Å². The van der Waals surface area contributed by atoms with Crippen LogP contribution in [0.2, 0.25) is 0 Å². The molecule has 0 bridgehead atoms. The molecule has 1 aromatic carbocycles. The van der Waals surface area contributed by atoms with Gasteiger partial charge < -0.3 is 10.1 Å². The Bertz CT molecular complexity index is 472. The van der Waals surface area contributed by atoms with Gasteiger partial charge in [0.2, 0.25) is 5.91 Å². The molecule has 1 aromatic rings. The molecule has 5 heteroatoms. The standard InChI is InChI=1S/C14H17NO3S/c1-18-12-4-2-3-10(7-12)13(16)8-19-9-14(17)15-11-5-6-11/h2-4,7,11H,5-6,8-9H2,1H3,(H,15,17). The number of ketones is 1. The van der Waals surface area contributed by atoms with E-state index in [0.717, 1.165) is 12.8 Å². The van der Waals surface area contributed by atoms with E-state index >= 15 is 0 Å². The zero-order valence-corrected chi connectivity index (χ0v) is 11.7. The van der Waals surface area contributed by atoms with Crippen LogP contribution >= 0.6 is 11.8 Å². The van der Waals surface area contributed by atoms with Crippen LogP contribution in [0.3, 0.4) is 0 Å². The van der Waals surface area contributed by atoms with Crippen molar-refractivity contribution in [2.24, 2.45) is 0 Å². The van der Waals surface area contributed by atoms with Crippen LogP contribution in [-0.2, 0) is 4.79 Å². The first-order chi connectivity index (χ1) is 9.19. The number of Topliss-reactive ketones (excluding diaryl/α,β-unsaturated/α-hetero) is 1. The number of carbonyl (C=O) groups is 2. The summed E-state index contributed by atoms with van der Waals surface area (Å²) in [6, 6.07) is 7.44. The van der Waals surface area contributed by atoms with Crippen molar-refractivity contribution in [2.45, 2.75) is 18.9 Å². The third kappa shape index (κ3) is 4.59. The SMILES string of the molecule is COc1cccc(C(=O)CSCC(=O)NC2CC2)c1. The summed E-state index contributed by atoms with van der Waals surface area (Å²) in [5, 5.41) is 2.89. The molecule has 19 heavy (non-hydrogen) atoms. The van der Waals surface area contributed by atoms with E-state index in [1.54, 1.807) is 31.4 Å². The minimum absolute atomic E-state index is 0.0168. The highest BCUT2D eigenvalue weighted by molar-refractivity contribution is 8.00. The molecule has 2 rings (SSSR count). The van der Waals surface area contributed by atoms with Gasteiger partial charge in [-0.1, -0.05) is 12.1 Å². The Morgan fingerprint density at radius 2 is 2.16 bits per heavy atom. The van der Waals surface area contributed by atoms with Crippen LogP contribution in [0.1, 0.15) is 23.2 Å². The molecule has 4 nitrogen and oxygen atoms in total. The number of rotatable bonds is 7. The van der Waals surface area contributed by atoms with Crippen LogP contribution in [0.5, 0.6) is 5.75 Å². The summed E-state index contributed by atoms with van der Waals surface area (Å²) < 4.78 is 5.08. The Hall–Kier alpha value is -1.49. The van der Waals surface area contributed by atoms with Crippen molar-refractivity contribution >= 4 is 23.5 Å². The van der Waals surface area contributed by atoms with Crippen molar-refractivity contribution in [3.63, 3.8) is 0 Å². The van der Waals surface area contributed by atoms with Gasteiger partial charge in [-0.15, -0.1) is 11.8 Å². The summed E-state index contributed by atoms with van der Waals surface area (Å²) in [5.41, 5.74) is 0.620. The fourth-order valence-electron chi connectivity index (χ4n) is 1.61. The number of benzene rings is 1. The maximum atomic E-state index is 11.9. The molecule has 1 N–H and O–H groups in total. The second kappa shape index (κ2) is 6.61. The molecule has 0 aliphatic heterocycles. The molecular weight excluding hydrogens is 262 g/mol. The topological polar surface area (TPSA) is 55.4 Å². The zero-order valence-electron chi connectivity index (χ0n) is 10.8. The number of carbonyl (C=O) groups excluding carboxylic acids is 2. The average Bonchev–Trinajstić information content (AvgIpc) is 3.22. The van der Waals surface area contributed by atoms with E-state index in [1.165, 1.54) is 11.8 Å². The second-order valence-electron chi connectivity index (χ2n) is 4.49. The quantitative estimate of drug-likeness (QED) is 0.774. The van der Waals surface area contributed by atoms with Gasteiger partial charge in [0.05, 0.1) is 18.6 Å². The normalized spacial score (nSPS) is 13.9. The lowest BCUT2D eigenvalue weighted by molar-refractivity contribution is -0.118. The Morgan fingerprint density at radius 1 is 1.37 bits per heavy atom. The predicted octanol–water partition coefficient (Wildman–Crippen LogP) is 1.89. The van der Waals surface area contributed by atoms with Crippen LogP contribution in [0.15, 0.2) is 24.3 Å². The first-order valence-corrected chi connectivity index (χ1v) is 7.39. The largest absolute Gasteiger partial charge is 0.497 e. The summed E-state index contributed by atoms with van der Waals surface area (Å²) in [5.74, 6) is 1.36. The number of hydrogen-bond donors (Lipinski definition) is 1. The van der Waals surface area contributed by atoms with E-state index in [2.05, 4.69) is 5.32 Å².